The van der Waals surface area contributed by atoms with E-state index in [4.69, 9.17) is 37.9 Å². The third kappa shape index (κ3) is 9.26. The molecule has 19 nitrogen and oxygen atoms in total. The molecule has 4 N–H and O–H groups in total. The Morgan fingerprint density at radius 3 is 2.09 bits per heavy atom. The maximum atomic E-state index is 15.2. The number of aliphatic hydroxyl groups excluding tert-OH is 2. The molecule has 1 unspecified atom stereocenters. The van der Waals surface area contributed by atoms with Gasteiger partial charge < -0.3 is 58.5 Å². The Hall–Kier alpha value is -5.73. The normalized spacial score (nSPS) is 33.0. The first-order valence-electron chi connectivity index (χ1n) is 22.8. The van der Waals surface area contributed by atoms with Gasteiger partial charge in [0.25, 0.3) is 0 Å². The van der Waals surface area contributed by atoms with Crippen LogP contribution < -0.4 is 5.32 Å². The maximum absolute atomic E-state index is 15.2. The molecule has 4 fully saturated rings. The molecule has 19 heteroatoms. The molecule has 2 aliphatic heterocycles. The second-order valence-electron chi connectivity index (χ2n) is 20.7. The van der Waals surface area contributed by atoms with Gasteiger partial charge in [-0.2, -0.15) is 0 Å². The van der Waals surface area contributed by atoms with Crippen molar-refractivity contribution in [1.29, 1.82) is 0 Å². The van der Waals surface area contributed by atoms with Crippen LogP contribution in [0.2, 0.25) is 0 Å². The molecule has 0 aromatic heterocycles. The second-order valence-corrected chi connectivity index (χ2v) is 20.7. The smallest absolute Gasteiger partial charge is 0.408 e. The molecule has 2 aromatic carbocycles. The lowest BCUT2D eigenvalue weighted by Gasteiger charge is -2.67. The molecule has 2 saturated heterocycles. The molecule has 0 radical (unpaired) electrons. The summed E-state index contributed by atoms with van der Waals surface area (Å²) in [6, 6.07) is 14.1. The molecule has 0 spiro atoms. The van der Waals surface area contributed by atoms with Crippen LogP contribution in [0, 0.1) is 16.7 Å². The monoisotopic (exact) mass is 963 g/mol. The lowest BCUT2D eigenvalue weighted by Crippen LogP contribution is -2.81. The summed E-state index contributed by atoms with van der Waals surface area (Å²) >= 11 is 0. The van der Waals surface area contributed by atoms with E-state index >= 15 is 9.59 Å². The van der Waals surface area contributed by atoms with Crippen molar-refractivity contribution < 1.29 is 86.8 Å². The van der Waals surface area contributed by atoms with Gasteiger partial charge in [-0.05, 0) is 63.5 Å². The Bertz CT molecular complexity index is 2410. The minimum absolute atomic E-state index is 0.0352. The summed E-state index contributed by atoms with van der Waals surface area (Å²) in [4.78, 5) is 97.7. The van der Waals surface area contributed by atoms with Gasteiger partial charge >= 0.3 is 35.9 Å². The highest BCUT2D eigenvalue weighted by atomic mass is 16.8. The Morgan fingerprint density at radius 1 is 0.913 bits per heavy atom. The van der Waals surface area contributed by atoms with Gasteiger partial charge in [0.15, 0.2) is 17.5 Å². The lowest BCUT2D eigenvalue weighted by atomic mass is 9.44. The highest BCUT2D eigenvalue weighted by Crippen LogP contribution is 2.64. The van der Waals surface area contributed by atoms with Crippen LogP contribution in [0.1, 0.15) is 110 Å². The first-order valence-corrected chi connectivity index (χ1v) is 22.8. The van der Waals surface area contributed by atoms with E-state index in [9.17, 15) is 39.3 Å². The fourth-order valence-corrected chi connectivity index (χ4v) is 10.9. The SMILES string of the molecule is CC(=O)O[C@@]12CO[C@@H]1C[C@H](O)[C@@]1(C)C(=O)[C@H](O)C3=C(C)[C@@H](OC(=O)[C@H](OC(=O)CC4OC(C)(C)OC4=O)[C@@H](NC(=O)OC(C)(C)C)c4ccccc4)C[C@@](O)([C@@H](OC(=O)c4ccccc4)[C@H]21)C3(C)C. The molecule has 1 amide bonds. The summed E-state index contributed by atoms with van der Waals surface area (Å²) in [5, 5.41) is 40.7. The number of Topliss-reactive ketones (excluding diaryl/α,β-unsaturated/α-hetero) is 1. The number of amides is 1. The quantitative estimate of drug-likeness (QED) is 0.141. The van der Waals surface area contributed by atoms with E-state index < -0.39 is 143 Å². The zero-order chi connectivity index (χ0) is 50.8. The highest BCUT2D eigenvalue weighted by Gasteiger charge is 2.78. The van der Waals surface area contributed by atoms with Crippen LogP contribution in [-0.4, -0.2) is 129 Å². The summed E-state index contributed by atoms with van der Waals surface area (Å²) in [5.41, 5.74) is -8.93. The van der Waals surface area contributed by atoms with Gasteiger partial charge in [-0.15, -0.1) is 0 Å². The van der Waals surface area contributed by atoms with E-state index in [0.29, 0.717) is 0 Å². The van der Waals surface area contributed by atoms with Gasteiger partial charge in [0, 0.05) is 39.0 Å². The zero-order valence-corrected chi connectivity index (χ0v) is 40.3. The number of alkyl carbamates (subject to hydrolysis) is 1. The molecule has 2 heterocycles. The molecule has 7 rings (SSSR count). The van der Waals surface area contributed by atoms with Crippen molar-refractivity contribution in [3.8, 4) is 0 Å². The number of esters is 5. The Morgan fingerprint density at radius 2 is 1.54 bits per heavy atom. The van der Waals surface area contributed by atoms with Crippen molar-refractivity contribution >= 4 is 41.7 Å². The predicted molar refractivity (Wildman–Crippen MR) is 237 cm³/mol. The number of hydrogen-bond acceptors (Lipinski definition) is 18. The summed E-state index contributed by atoms with van der Waals surface area (Å²) in [7, 11) is 0. The fraction of sp³-hybridized carbons (Fsp3) is 0.580. The molecule has 2 saturated carbocycles. The minimum atomic E-state index is -2.47. The van der Waals surface area contributed by atoms with E-state index in [1.165, 1.54) is 65.8 Å². The van der Waals surface area contributed by atoms with Gasteiger partial charge in [-0.25, -0.2) is 19.2 Å². The zero-order valence-electron chi connectivity index (χ0n) is 40.3. The fourth-order valence-electron chi connectivity index (χ4n) is 10.9. The lowest BCUT2D eigenvalue weighted by molar-refractivity contribution is -0.346. The number of cyclic esters (lactones) is 1. The number of carbonyl (C=O) groups excluding carboxylic acids is 7. The summed E-state index contributed by atoms with van der Waals surface area (Å²) in [5.74, 6) is -9.06. The van der Waals surface area contributed by atoms with Crippen molar-refractivity contribution in [3.05, 3.63) is 82.9 Å². The Balaban J connectivity index is 1.37. The molecule has 2 aromatic rings. The van der Waals surface area contributed by atoms with Crippen LogP contribution in [0.3, 0.4) is 0 Å². The van der Waals surface area contributed by atoms with Crippen molar-refractivity contribution in [3.63, 3.8) is 0 Å². The standard InChI is InChI=1S/C50H61NO18/c1-25-30(63-43(59)37(64-33(54)21-29-42(58)68-47(8,9)67-29)35(27-17-13-11-14-18-27)51-44(60)69-45(3,4)5)23-50(61)40(65-41(57)28-19-15-12-16-20-28)38-48(10,39(56)36(55)34(25)46(50,6)7)31(53)22-32-49(38,24-62-32)66-26(2)52/h11-20,29-32,35-38,40,53,55,61H,21-24H2,1-10H3,(H,51,60)/t29?,30-,31-,32+,35-,36+,37+,38-,40-,48+,49-,50+/m0/s1. The van der Waals surface area contributed by atoms with Crippen LogP contribution in [-0.2, 0) is 61.9 Å². The molecule has 374 valence electrons. The van der Waals surface area contributed by atoms with Crippen molar-refractivity contribution in [2.45, 2.75) is 160 Å². The second kappa shape index (κ2) is 18.2. The number of nitrogens with one attached hydrogen (secondary N) is 1. The van der Waals surface area contributed by atoms with E-state index in [1.54, 1.807) is 57.2 Å². The van der Waals surface area contributed by atoms with E-state index in [-0.39, 0.29) is 35.3 Å². The number of rotatable bonds is 11. The predicted octanol–water partition coefficient (Wildman–Crippen LogP) is 3.88. The summed E-state index contributed by atoms with van der Waals surface area (Å²) < 4.78 is 46.7. The minimum Gasteiger partial charge on any atom is -0.455 e. The molecule has 3 aliphatic carbocycles. The van der Waals surface area contributed by atoms with Crippen LogP contribution in [0.25, 0.3) is 0 Å². The van der Waals surface area contributed by atoms with E-state index in [2.05, 4.69) is 5.32 Å². The maximum Gasteiger partial charge on any atom is 0.408 e. The number of carbonyl (C=O) groups is 7. The third-order valence-corrected chi connectivity index (χ3v) is 14.2. The van der Waals surface area contributed by atoms with Gasteiger partial charge in [-0.1, -0.05) is 62.4 Å². The number of aliphatic hydroxyl groups is 3. The molecule has 5 aliphatic rings. The van der Waals surface area contributed by atoms with Crippen LogP contribution in [0.5, 0.6) is 0 Å². The van der Waals surface area contributed by atoms with Crippen LogP contribution in [0.15, 0.2) is 71.8 Å². The molecular formula is C50H61NO18. The van der Waals surface area contributed by atoms with Gasteiger partial charge in [-0.3, -0.25) is 14.4 Å². The van der Waals surface area contributed by atoms with E-state index in [0.717, 1.165) is 6.92 Å². The number of ether oxygens (including phenoxy) is 8. The Kier molecular flexibility index (Phi) is 13.5. The van der Waals surface area contributed by atoms with Crippen LogP contribution >= 0.6 is 0 Å². The average Bonchev–Trinajstić information content (AvgIpc) is 3.52. The first kappa shape index (κ1) is 51.1. The first-order chi connectivity index (χ1) is 32.1. The molecule has 2 bridgehead atoms. The number of fused-ring (bicyclic) bond motifs is 5. The van der Waals surface area contributed by atoms with Gasteiger partial charge in [0.2, 0.25) is 11.9 Å². The van der Waals surface area contributed by atoms with Gasteiger partial charge in [0.1, 0.15) is 41.7 Å². The topological polar surface area (TPSA) is 266 Å². The number of benzene rings is 2. The Labute approximate surface area is 399 Å². The highest BCUT2D eigenvalue weighted by molar-refractivity contribution is 5.94. The number of ketones is 1. The largest absolute Gasteiger partial charge is 0.455 e. The van der Waals surface area contributed by atoms with Crippen molar-refractivity contribution in [1.82, 2.24) is 5.32 Å². The van der Waals surface area contributed by atoms with E-state index in [1.807, 2.05) is 0 Å². The average molecular weight is 964 g/mol. The molecular weight excluding hydrogens is 903 g/mol. The molecule has 69 heavy (non-hydrogen) atoms. The number of hydrogen-bond donors (Lipinski definition) is 4. The van der Waals surface area contributed by atoms with Crippen molar-refractivity contribution in [2.75, 3.05) is 6.61 Å². The third-order valence-electron chi connectivity index (χ3n) is 14.2. The van der Waals surface area contributed by atoms with Crippen molar-refractivity contribution in [2.24, 2.45) is 16.7 Å². The summed E-state index contributed by atoms with van der Waals surface area (Å²) in [6.45, 7) is 14.4. The molecule has 12 atom stereocenters. The summed E-state index contributed by atoms with van der Waals surface area (Å²) in [6.07, 6.45) is -14.4. The van der Waals surface area contributed by atoms with Crippen LogP contribution in [0.4, 0.5) is 4.79 Å². The van der Waals surface area contributed by atoms with Gasteiger partial charge in [0.05, 0.1) is 36.0 Å².